The molecule has 0 fully saturated rings. The molecule has 1 aliphatic rings. The van der Waals surface area contributed by atoms with Crippen molar-refractivity contribution in [3.63, 3.8) is 0 Å². The average Bonchev–Trinajstić information content (AvgIpc) is 3.07. The minimum absolute atomic E-state index is 0.0675. The van der Waals surface area contributed by atoms with Crippen LogP contribution in [0.4, 0.5) is 11.5 Å². The van der Waals surface area contributed by atoms with E-state index in [1.807, 2.05) is 0 Å². The van der Waals surface area contributed by atoms with Crippen molar-refractivity contribution in [2.45, 2.75) is 19.3 Å². The van der Waals surface area contributed by atoms with Gasteiger partial charge in [0.1, 0.15) is 0 Å². The van der Waals surface area contributed by atoms with Gasteiger partial charge >= 0.3 is 139 Å². The number of thiophene rings is 1. The molecule has 0 saturated heterocycles. The van der Waals surface area contributed by atoms with E-state index in [2.05, 4.69) is 15.3 Å². The third-order valence-electron chi connectivity index (χ3n) is 3.97. The fourth-order valence-electron chi connectivity index (χ4n) is 2.90. The van der Waals surface area contributed by atoms with E-state index in [4.69, 9.17) is 0 Å². The van der Waals surface area contributed by atoms with Crippen LogP contribution in [0.25, 0.3) is 10.2 Å². The molecule has 6 nitrogen and oxygen atoms in total. The van der Waals surface area contributed by atoms with Gasteiger partial charge < -0.3 is 0 Å². The van der Waals surface area contributed by atoms with E-state index in [9.17, 15) is 11.9 Å². The fourth-order valence-corrected chi connectivity index (χ4v) is 5.26. The van der Waals surface area contributed by atoms with Crippen LogP contribution in [0.1, 0.15) is 16.9 Å². The molecule has 3 aromatic rings. The van der Waals surface area contributed by atoms with Crippen LogP contribution in [0.5, 0.6) is 0 Å². The molecule has 23 heavy (non-hydrogen) atoms. The van der Waals surface area contributed by atoms with Crippen LogP contribution in [0.2, 0.25) is 0 Å². The van der Waals surface area contributed by atoms with E-state index < -0.39 is 14.2 Å². The van der Waals surface area contributed by atoms with Crippen molar-refractivity contribution in [1.29, 1.82) is 0 Å². The molecule has 1 aliphatic carbocycles. The van der Waals surface area contributed by atoms with Crippen molar-refractivity contribution in [3.8, 4) is 0 Å². The van der Waals surface area contributed by atoms with Gasteiger partial charge in [-0.1, -0.05) is 0 Å². The molecule has 0 amide bonds. The summed E-state index contributed by atoms with van der Waals surface area (Å²) in [6.45, 7) is 0. The number of benzene rings is 1. The summed E-state index contributed by atoms with van der Waals surface area (Å²) in [5.74, 6) is 0.753. The second-order valence-corrected chi connectivity index (χ2v) is 9.93. The van der Waals surface area contributed by atoms with E-state index in [1.165, 1.54) is 29.0 Å². The standard InChI is InChI=1S/C15H14AsN3O3S/c20-16(21,22)9-4-6-10(7-5-9)19-14-13-11-2-1-3-12(11)23-15(13)18-8-17-14/h4-8H,1-3H2,(H,17,18,19)(H2,20,21,22). The maximum absolute atomic E-state index is 11.3. The molecule has 8 heteroatoms. The Morgan fingerprint density at radius 2 is 1.91 bits per heavy atom. The molecule has 2 heterocycles. The summed E-state index contributed by atoms with van der Waals surface area (Å²) in [6, 6.07) is 6.24. The molecule has 0 unspecified atom stereocenters. The van der Waals surface area contributed by atoms with Crippen molar-refractivity contribution < 1.29 is 11.9 Å². The Morgan fingerprint density at radius 1 is 1.13 bits per heavy atom. The molecule has 118 valence electrons. The minimum atomic E-state index is -4.83. The second kappa shape index (κ2) is 5.46. The number of fused-ring (bicyclic) bond motifs is 3. The zero-order chi connectivity index (χ0) is 16.0. The molecule has 2 aromatic heterocycles. The zero-order valence-electron chi connectivity index (χ0n) is 12.1. The second-order valence-electron chi connectivity index (χ2n) is 5.48. The predicted molar refractivity (Wildman–Crippen MR) is 89.7 cm³/mol. The molecule has 0 spiro atoms. The van der Waals surface area contributed by atoms with Crippen molar-refractivity contribution in [2.75, 3.05) is 5.32 Å². The normalized spacial score (nSPS) is 14.2. The first-order valence-corrected chi connectivity index (χ1v) is 11.4. The number of aromatic nitrogens is 2. The van der Waals surface area contributed by atoms with Gasteiger partial charge in [-0.25, -0.2) is 0 Å². The Kier molecular flexibility index (Phi) is 3.53. The summed E-state index contributed by atoms with van der Waals surface area (Å²) in [6.07, 6.45) is 4.87. The third kappa shape index (κ3) is 2.70. The molecule has 0 aliphatic heterocycles. The van der Waals surface area contributed by atoms with E-state index in [1.54, 1.807) is 29.8 Å². The van der Waals surface area contributed by atoms with Gasteiger partial charge in [0.2, 0.25) is 0 Å². The van der Waals surface area contributed by atoms with Crippen LogP contribution in [0.3, 0.4) is 0 Å². The molecule has 1 aromatic carbocycles. The zero-order valence-corrected chi connectivity index (χ0v) is 14.8. The summed E-state index contributed by atoms with van der Waals surface area (Å²) >= 11 is -3.11. The Morgan fingerprint density at radius 3 is 2.65 bits per heavy atom. The number of nitrogens with zero attached hydrogens (tertiary/aromatic N) is 2. The summed E-state index contributed by atoms with van der Waals surface area (Å²) in [5.41, 5.74) is 2.08. The molecule has 3 N–H and O–H groups in total. The van der Waals surface area contributed by atoms with E-state index in [0.29, 0.717) is 0 Å². The van der Waals surface area contributed by atoms with Crippen LogP contribution in [-0.2, 0) is 16.6 Å². The van der Waals surface area contributed by atoms with Crippen molar-refractivity contribution in [3.05, 3.63) is 41.0 Å². The van der Waals surface area contributed by atoms with Crippen LogP contribution >= 0.6 is 11.3 Å². The van der Waals surface area contributed by atoms with E-state index in [0.717, 1.165) is 34.6 Å². The number of rotatable bonds is 3. The van der Waals surface area contributed by atoms with Gasteiger partial charge in [0.15, 0.2) is 0 Å². The fraction of sp³-hybridized carbons (Fsp3) is 0.200. The molecule has 0 radical (unpaired) electrons. The Labute approximate surface area is 139 Å². The SMILES string of the molecule is O=[As](O)(O)c1ccc(Nc2ncnc3sc4c(c23)CCC4)cc1. The van der Waals surface area contributed by atoms with Crippen LogP contribution in [0, 0.1) is 0 Å². The van der Waals surface area contributed by atoms with Crippen LogP contribution in [0.15, 0.2) is 30.6 Å². The monoisotopic (exact) mass is 391 g/mol. The molecule has 4 rings (SSSR count). The first kappa shape index (κ1) is 14.9. The summed E-state index contributed by atoms with van der Waals surface area (Å²) < 4.78 is 29.8. The molecule has 0 bridgehead atoms. The number of anilines is 2. The number of hydrogen-bond donors (Lipinski definition) is 3. The Balaban J connectivity index is 1.72. The average molecular weight is 391 g/mol. The van der Waals surface area contributed by atoms with Gasteiger partial charge in [0.25, 0.3) is 0 Å². The summed E-state index contributed by atoms with van der Waals surface area (Å²) in [4.78, 5) is 11.1. The van der Waals surface area contributed by atoms with Crippen LogP contribution in [-0.4, -0.2) is 32.3 Å². The maximum atomic E-state index is 11.3. The molecular weight excluding hydrogens is 377 g/mol. The summed E-state index contributed by atoms with van der Waals surface area (Å²) in [5, 5.41) is 4.33. The van der Waals surface area contributed by atoms with Crippen molar-refractivity contribution >= 4 is 51.6 Å². The number of aryl methyl sites for hydroxylation is 2. The Hall–Kier alpha value is -1.66. The number of hydrogen-bond acceptors (Lipinski definition) is 5. The van der Waals surface area contributed by atoms with Crippen LogP contribution < -0.4 is 9.67 Å². The van der Waals surface area contributed by atoms with Gasteiger partial charge in [0, 0.05) is 0 Å². The number of nitrogens with one attached hydrogen (secondary N) is 1. The molecule has 0 atom stereocenters. The van der Waals surface area contributed by atoms with Gasteiger partial charge in [-0.3, -0.25) is 0 Å². The van der Waals surface area contributed by atoms with Gasteiger partial charge in [-0.15, -0.1) is 0 Å². The third-order valence-corrected chi connectivity index (χ3v) is 7.20. The molecule has 0 saturated carbocycles. The van der Waals surface area contributed by atoms with Crippen molar-refractivity contribution in [1.82, 2.24) is 9.97 Å². The van der Waals surface area contributed by atoms with Gasteiger partial charge in [0.05, 0.1) is 0 Å². The van der Waals surface area contributed by atoms with E-state index in [-0.39, 0.29) is 4.35 Å². The summed E-state index contributed by atoms with van der Waals surface area (Å²) in [7, 11) is 0. The first-order valence-electron chi connectivity index (χ1n) is 7.21. The Bertz CT molecular complexity index is 933. The van der Waals surface area contributed by atoms with Crippen molar-refractivity contribution in [2.24, 2.45) is 0 Å². The molecular formula is C15H14AsN3O3S. The van der Waals surface area contributed by atoms with Gasteiger partial charge in [-0.05, 0) is 0 Å². The topological polar surface area (TPSA) is 95.3 Å². The van der Waals surface area contributed by atoms with E-state index >= 15 is 0 Å². The first-order chi connectivity index (χ1) is 11.0. The predicted octanol–water partition coefficient (Wildman–Crippen LogP) is 1.48. The quantitative estimate of drug-likeness (QED) is 0.586. The van der Waals surface area contributed by atoms with Gasteiger partial charge in [-0.2, -0.15) is 0 Å².